The Bertz CT molecular complexity index is 431. The third-order valence-corrected chi connectivity index (χ3v) is 3.57. The first kappa shape index (κ1) is 15.0. The number of carbonyl (C=O) groups is 1. The molecule has 5 heteroatoms. The number of anilines is 1. The quantitative estimate of drug-likeness (QED) is 0.800. The summed E-state index contributed by atoms with van der Waals surface area (Å²) < 4.78 is 0.833. The lowest BCUT2D eigenvalue weighted by molar-refractivity contribution is 0.172. The van der Waals surface area contributed by atoms with E-state index >= 15 is 0 Å². The highest BCUT2D eigenvalue weighted by Gasteiger charge is 2.23. The van der Waals surface area contributed by atoms with E-state index in [0.29, 0.717) is 12.1 Å². The molecule has 0 saturated heterocycles. The minimum Gasteiger partial charge on any atom is -0.394 e. The molecule has 0 saturated carbocycles. The van der Waals surface area contributed by atoms with Crippen molar-refractivity contribution in [1.29, 1.82) is 0 Å². The van der Waals surface area contributed by atoms with Crippen LogP contribution in [-0.4, -0.2) is 23.3 Å². The summed E-state index contributed by atoms with van der Waals surface area (Å²) in [4.78, 5) is 11.8. The summed E-state index contributed by atoms with van der Waals surface area (Å²) >= 11 is 3.40. The van der Waals surface area contributed by atoms with Gasteiger partial charge < -0.3 is 15.7 Å². The molecule has 1 rings (SSSR count). The van der Waals surface area contributed by atoms with Crippen molar-refractivity contribution in [2.45, 2.75) is 32.7 Å². The van der Waals surface area contributed by atoms with Crippen molar-refractivity contribution in [2.75, 3.05) is 11.9 Å². The number of rotatable bonds is 4. The third-order valence-electron chi connectivity index (χ3n) is 2.92. The number of hydrogen-bond acceptors (Lipinski definition) is 2. The lowest BCUT2D eigenvalue weighted by Gasteiger charge is -2.27. The molecule has 0 fully saturated rings. The van der Waals surface area contributed by atoms with Crippen molar-refractivity contribution in [1.82, 2.24) is 5.32 Å². The van der Waals surface area contributed by atoms with Crippen molar-refractivity contribution in [2.24, 2.45) is 0 Å². The Hall–Kier alpha value is -1.07. The van der Waals surface area contributed by atoms with E-state index in [-0.39, 0.29) is 12.6 Å². The van der Waals surface area contributed by atoms with Crippen LogP contribution in [0.3, 0.4) is 0 Å². The minimum absolute atomic E-state index is 0.0913. The Morgan fingerprint density at radius 1 is 1.50 bits per heavy atom. The van der Waals surface area contributed by atoms with Crippen LogP contribution in [0.15, 0.2) is 22.7 Å². The molecule has 1 atom stereocenters. The van der Waals surface area contributed by atoms with Gasteiger partial charge in [0.15, 0.2) is 0 Å². The maximum atomic E-state index is 11.8. The standard InChI is InChI=1S/C13H19BrN2O2/c1-4-13(3,8-17)16-12(18)15-11-6-5-9(2)7-10(11)14/h5-7,17H,4,8H2,1-3H3,(H2,15,16,18). The summed E-state index contributed by atoms with van der Waals surface area (Å²) in [6.45, 7) is 5.61. The number of urea groups is 1. The molecule has 0 aromatic heterocycles. The molecule has 0 aliphatic rings. The molecule has 0 aliphatic heterocycles. The summed E-state index contributed by atoms with van der Waals surface area (Å²) in [5.41, 5.74) is 1.22. The number of carbonyl (C=O) groups excluding carboxylic acids is 1. The fourth-order valence-electron chi connectivity index (χ4n) is 1.39. The largest absolute Gasteiger partial charge is 0.394 e. The first-order valence-corrected chi connectivity index (χ1v) is 6.65. The van der Waals surface area contributed by atoms with E-state index in [2.05, 4.69) is 26.6 Å². The Balaban J connectivity index is 2.70. The molecule has 0 spiro atoms. The first-order valence-electron chi connectivity index (χ1n) is 5.86. The van der Waals surface area contributed by atoms with Gasteiger partial charge in [-0.15, -0.1) is 0 Å². The molecular weight excluding hydrogens is 296 g/mol. The molecule has 100 valence electrons. The molecular formula is C13H19BrN2O2. The molecule has 2 amide bonds. The molecule has 4 nitrogen and oxygen atoms in total. The third kappa shape index (κ3) is 3.99. The number of aliphatic hydroxyl groups is 1. The van der Waals surface area contributed by atoms with Crippen molar-refractivity contribution >= 4 is 27.6 Å². The van der Waals surface area contributed by atoms with E-state index in [1.807, 2.05) is 32.0 Å². The molecule has 0 bridgehead atoms. The zero-order valence-corrected chi connectivity index (χ0v) is 12.5. The second-order valence-electron chi connectivity index (χ2n) is 4.63. The van der Waals surface area contributed by atoms with Gasteiger partial charge in [0.1, 0.15) is 0 Å². The van der Waals surface area contributed by atoms with Gasteiger partial charge in [0.05, 0.1) is 17.8 Å². The van der Waals surface area contributed by atoms with E-state index in [9.17, 15) is 9.90 Å². The maximum absolute atomic E-state index is 11.8. The van der Waals surface area contributed by atoms with Crippen molar-refractivity contribution in [3.8, 4) is 0 Å². The Kier molecular flexibility index (Phi) is 5.16. The highest BCUT2D eigenvalue weighted by atomic mass is 79.9. The SMILES string of the molecule is CCC(C)(CO)NC(=O)Nc1ccc(C)cc1Br. The van der Waals surface area contributed by atoms with Crippen molar-refractivity contribution in [3.63, 3.8) is 0 Å². The van der Waals surface area contributed by atoms with Gasteiger partial charge in [0, 0.05) is 4.47 Å². The molecule has 1 aromatic carbocycles. The number of benzene rings is 1. The zero-order valence-electron chi connectivity index (χ0n) is 10.9. The van der Waals surface area contributed by atoms with Crippen LogP contribution in [0, 0.1) is 6.92 Å². The highest BCUT2D eigenvalue weighted by Crippen LogP contribution is 2.23. The van der Waals surface area contributed by atoms with Gasteiger partial charge in [-0.05, 0) is 53.9 Å². The van der Waals surface area contributed by atoms with Gasteiger partial charge in [-0.25, -0.2) is 4.79 Å². The molecule has 3 N–H and O–H groups in total. The topological polar surface area (TPSA) is 61.4 Å². The van der Waals surface area contributed by atoms with Crippen molar-refractivity contribution < 1.29 is 9.90 Å². The predicted molar refractivity (Wildman–Crippen MR) is 76.8 cm³/mol. The summed E-state index contributed by atoms with van der Waals surface area (Å²) in [6, 6.07) is 5.37. The van der Waals surface area contributed by atoms with Gasteiger partial charge in [-0.3, -0.25) is 0 Å². The first-order chi connectivity index (χ1) is 8.40. The molecule has 0 aliphatic carbocycles. The summed E-state index contributed by atoms with van der Waals surface area (Å²) in [6.07, 6.45) is 0.659. The van der Waals surface area contributed by atoms with Gasteiger partial charge >= 0.3 is 6.03 Å². The Morgan fingerprint density at radius 3 is 2.67 bits per heavy atom. The number of hydrogen-bond donors (Lipinski definition) is 3. The fourth-order valence-corrected chi connectivity index (χ4v) is 1.98. The maximum Gasteiger partial charge on any atom is 0.319 e. The van der Waals surface area contributed by atoms with E-state index in [1.165, 1.54) is 0 Å². The van der Waals surface area contributed by atoms with Crippen LogP contribution >= 0.6 is 15.9 Å². The smallest absolute Gasteiger partial charge is 0.319 e. The van der Waals surface area contributed by atoms with Crippen LogP contribution in [0.2, 0.25) is 0 Å². The Morgan fingerprint density at radius 2 is 2.17 bits per heavy atom. The predicted octanol–water partition coefficient (Wildman–Crippen LogP) is 3.04. The molecule has 1 unspecified atom stereocenters. The monoisotopic (exact) mass is 314 g/mol. The van der Waals surface area contributed by atoms with Crippen LogP contribution in [0.1, 0.15) is 25.8 Å². The van der Waals surface area contributed by atoms with E-state index in [1.54, 1.807) is 6.92 Å². The number of halogens is 1. The average molecular weight is 315 g/mol. The molecule has 0 heterocycles. The zero-order chi connectivity index (χ0) is 13.8. The van der Waals surface area contributed by atoms with Crippen molar-refractivity contribution in [3.05, 3.63) is 28.2 Å². The van der Waals surface area contributed by atoms with Crippen LogP contribution < -0.4 is 10.6 Å². The summed E-state index contributed by atoms with van der Waals surface area (Å²) in [5, 5.41) is 14.8. The fraction of sp³-hybridized carbons (Fsp3) is 0.462. The molecule has 1 aromatic rings. The van der Waals surface area contributed by atoms with Crippen LogP contribution in [0.25, 0.3) is 0 Å². The van der Waals surface area contributed by atoms with Gasteiger partial charge in [0.25, 0.3) is 0 Å². The van der Waals surface area contributed by atoms with E-state index in [4.69, 9.17) is 0 Å². The van der Waals surface area contributed by atoms with Crippen LogP contribution in [0.4, 0.5) is 10.5 Å². The van der Waals surface area contributed by atoms with Crippen LogP contribution in [0.5, 0.6) is 0 Å². The van der Waals surface area contributed by atoms with Gasteiger partial charge in [-0.2, -0.15) is 0 Å². The second kappa shape index (κ2) is 6.20. The highest BCUT2D eigenvalue weighted by molar-refractivity contribution is 9.10. The number of nitrogens with one attached hydrogen (secondary N) is 2. The van der Waals surface area contributed by atoms with Gasteiger partial charge in [0.2, 0.25) is 0 Å². The van der Waals surface area contributed by atoms with E-state index < -0.39 is 5.54 Å². The normalized spacial score (nSPS) is 13.8. The Labute approximate surface area is 116 Å². The number of amides is 2. The summed E-state index contributed by atoms with van der Waals surface area (Å²) in [7, 11) is 0. The van der Waals surface area contributed by atoms with Gasteiger partial charge in [-0.1, -0.05) is 13.0 Å². The average Bonchev–Trinajstić information content (AvgIpc) is 2.32. The lowest BCUT2D eigenvalue weighted by atomic mass is 10.0. The van der Waals surface area contributed by atoms with E-state index in [0.717, 1.165) is 10.0 Å². The number of aliphatic hydroxyl groups excluding tert-OH is 1. The second-order valence-corrected chi connectivity index (χ2v) is 5.49. The molecule has 0 radical (unpaired) electrons. The molecule has 18 heavy (non-hydrogen) atoms. The lowest BCUT2D eigenvalue weighted by Crippen LogP contribution is -2.50. The summed E-state index contributed by atoms with van der Waals surface area (Å²) in [5.74, 6) is 0. The van der Waals surface area contributed by atoms with Crippen LogP contribution in [-0.2, 0) is 0 Å². The number of aryl methyl sites for hydroxylation is 1. The minimum atomic E-state index is -0.596.